The van der Waals surface area contributed by atoms with Gasteiger partial charge in [0.05, 0.1) is 5.69 Å². The molecule has 0 aliphatic carbocycles. The molecule has 10 aromatic rings. The van der Waals surface area contributed by atoms with Crippen LogP contribution in [0.2, 0.25) is 0 Å². The van der Waals surface area contributed by atoms with Crippen molar-refractivity contribution in [3.8, 4) is 33.4 Å². The maximum atomic E-state index is 6.47. The fourth-order valence-electron chi connectivity index (χ4n) is 7.80. The molecule has 0 saturated heterocycles. The van der Waals surface area contributed by atoms with Crippen LogP contribution in [0.4, 0.5) is 17.1 Å². The van der Waals surface area contributed by atoms with Crippen molar-refractivity contribution >= 4 is 60.5 Å². The molecule has 0 saturated carbocycles. The zero-order valence-corrected chi connectivity index (χ0v) is 28.4. The van der Waals surface area contributed by atoms with Crippen molar-refractivity contribution in [2.75, 3.05) is 4.90 Å². The summed E-state index contributed by atoms with van der Waals surface area (Å²) >= 11 is 0. The Hall–Kier alpha value is -6.90. The Morgan fingerprint density at radius 3 is 1.63 bits per heavy atom. The first kappa shape index (κ1) is 30.0. The van der Waals surface area contributed by atoms with Crippen LogP contribution in [0, 0.1) is 0 Å². The molecule has 9 aromatic carbocycles. The van der Waals surface area contributed by atoms with Crippen molar-refractivity contribution < 1.29 is 4.42 Å². The van der Waals surface area contributed by atoms with E-state index >= 15 is 0 Å². The molecule has 0 amide bonds. The van der Waals surface area contributed by atoms with Crippen LogP contribution in [-0.4, -0.2) is 0 Å². The quantitative estimate of drug-likeness (QED) is 0.165. The van der Waals surface area contributed by atoms with Gasteiger partial charge in [-0.2, -0.15) is 0 Å². The van der Waals surface area contributed by atoms with Crippen molar-refractivity contribution in [1.82, 2.24) is 0 Å². The summed E-state index contributed by atoms with van der Waals surface area (Å²) in [5.41, 5.74) is 12.1. The topological polar surface area (TPSA) is 16.4 Å². The van der Waals surface area contributed by atoms with Crippen LogP contribution in [0.1, 0.15) is 0 Å². The van der Waals surface area contributed by atoms with Crippen LogP contribution in [-0.2, 0) is 0 Å². The number of hydrogen-bond donors (Lipinski definition) is 0. The van der Waals surface area contributed by atoms with E-state index in [-0.39, 0.29) is 0 Å². The van der Waals surface area contributed by atoms with E-state index in [1.54, 1.807) is 0 Å². The minimum atomic E-state index is 0.907. The Morgan fingerprint density at radius 1 is 0.327 bits per heavy atom. The summed E-state index contributed by atoms with van der Waals surface area (Å²) in [6, 6.07) is 71.7. The fraction of sp³-hybridized carbons (Fsp3) is 0. The summed E-state index contributed by atoms with van der Waals surface area (Å²) in [6.07, 6.45) is 0. The molecule has 0 fully saturated rings. The van der Waals surface area contributed by atoms with Gasteiger partial charge in [0.25, 0.3) is 0 Å². The number of fused-ring (bicyclic) bond motifs is 6. The summed E-state index contributed by atoms with van der Waals surface area (Å²) < 4.78 is 6.47. The van der Waals surface area contributed by atoms with Gasteiger partial charge in [-0.1, -0.05) is 164 Å². The average molecular weight is 664 g/mol. The van der Waals surface area contributed by atoms with E-state index in [1.165, 1.54) is 32.7 Å². The number of rotatable bonds is 6. The van der Waals surface area contributed by atoms with Crippen molar-refractivity contribution in [2.45, 2.75) is 0 Å². The number of nitrogens with zero attached hydrogens (tertiary/aromatic N) is 1. The molecular formula is C50H33NO. The molecule has 0 aliphatic heterocycles. The lowest BCUT2D eigenvalue weighted by Gasteiger charge is -2.28. The number of benzene rings is 9. The van der Waals surface area contributed by atoms with Crippen LogP contribution in [0.5, 0.6) is 0 Å². The molecule has 0 atom stereocenters. The SMILES string of the molecule is c1ccc(-c2ccc(N(c3ccc(-c4ccccc4-c4cccc5c4oc4ccccc45)cc3)c3cc4ccccc4c4ccccc34)cc2)cc1. The van der Waals surface area contributed by atoms with Crippen molar-refractivity contribution in [1.29, 1.82) is 0 Å². The summed E-state index contributed by atoms with van der Waals surface area (Å²) in [7, 11) is 0. The number of para-hydroxylation sites is 2. The maximum absolute atomic E-state index is 6.47. The monoisotopic (exact) mass is 663 g/mol. The lowest BCUT2D eigenvalue weighted by molar-refractivity contribution is 0.670. The minimum Gasteiger partial charge on any atom is -0.455 e. The highest BCUT2D eigenvalue weighted by molar-refractivity contribution is 6.15. The molecule has 0 N–H and O–H groups in total. The second-order valence-corrected chi connectivity index (χ2v) is 13.3. The Bertz CT molecular complexity index is 2890. The van der Waals surface area contributed by atoms with Crippen LogP contribution < -0.4 is 4.90 Å². The van der Waals surface area contributed by atoms with E-state index in [4.69, 9.17) is 4.42 Å². The first-order chi connectivity index (χ1) is 25.8. The van der Waals surface area contributed by atoms with Crippen LogP contribution >= 0.6 is 0 Å². The van der Waals surface area contributed by atoms with Gasteiger partial charge in [-0.05, 0) is 80.4 Å². The standard InChI is InChI=1S/C50H33NO/c1-2-13-34(14-3-1)35-25-29-38(30-26-35)51(48-33-37-15-4-5-17-41(37)42-18-8-9-20-44(42)48)39-31-27-36(28-32-39)40-16-6-7-19-43(40)46-22-12-23-47-45-21-10-11-24-49(45)52-50(46)47/h1-33H. The molecule has 0 bridgehead atoms. The van der Waals surface area contributed by atoms with Gasteiger partial charge in [0, 0.05) is 33.1 Å². The van der Waals surface area contributed by atoms with Gasteiger partial charge in [0.15, 0.2) is 0 Å². The molecule has 1 heterocycles. The minimum absolute atomic E-state index is 0.907. The lowest BCUT2D eigenvalue weighted by atomic mass is 9.93. The third kappa shape index (κ3) is 5.04. The molecular weight excluding hydrogens is 631 g/mol. The second kappa shape index (κ2) is 12.5. The number of anilines is 3. The van der Waals surface area contributed by atoms with Crippen molar-refractivity contribution in [3.05, 3.63) is 200 Å². The van der Waals surface area contributed by atoms with E-state index in [9.17, 15) is 0 Å². The first-order valence-corrected chi connectivity index (χ1v) is 17.8. The summed E-state index contributed by atoms with van der Waals surface area (Å²) in [5, 5.41) is 7.20. The van der Waals surface area contributed by atoms with Crippen LogP contribution in [0.25, 0.3) is 76.9 Å². The van der Waals surface area contributed by atoms with E-state index in [2.05, 4.69) is 193 Å². The van der Waals surface area contributed by atoms with Gasteiger partial charge >= 0.3 is 0 Å². The Balaban J connectivity index is 1.12. The number of hydrogen-bond acceptors (Lipinski definition) is 2. The molecule has 0 aliphatic rings. The first-order valence-electron chi connectivity index (χ1n) is 17.8. The summed E-state index contributed by atoms with van der Waals surface area (Å²) in [4.78, 5) is 2.40. The highest BCUT2D eigenvalue weighted by atomic mass is 16.3. The fourth-order valence-corrected chi connectivity index (χ4v) is 7.80. The zero-order valence-electron chi connectivity index (χ0n) is 28.4. The molecule has 0 unspecified atom stereocenters. The molecule has 0 spiro atoms. The highest BCUT2D eigenvalue weighted by Gasteiger charge is 2.19. The van der Waals surface area contributed by atoms with Crippen molar-refractivity contribution in [3.63, 3.8) is 0 Å². The van der Waals surface area contributed by atoms with Gasteiger partial charge < -0.3 is 9.32 Å². The van der Waals surface area contributed by atoms with E-state index in [0.717, 1.165) is 61.3 Å². The van der Waals surface area contributed by atoms with E-state index in [0.29, 0.717) is 0 Å². The molecule has 2 nitrogen and oxygen atoms in total. The Labute approximate surface area is 302 Å². The highest BCUT2D eigenvalue weighted by Crippen LogP contribution is 2.44. The van der Waals surface area contributed by atoms with Gasteiger partial charge in [0.2, 0.25) is 0 Å². The average Bonchev–Trinajstić information content (AvgIpc) is 3.61. The second-order valence-electron chi connectivity index (χ2n) is 13.3. The predicted octanol–water partition coefficient (Wildman–Crippen LogP) is 14.4. The van der Waals surface area contributed by atoms with Gasteiger partial charge in [-0.3, -0.25) is 0 Å². The summed E-state index contributed by atoms with van der Waals surface area (Å²) in [6.45, 7) is 0. The molecule has 1 aromatic heterocycles. The molecule has 244 valence electrons. The molecule has 2 heteroatoms. The van der Waals surface area contributed by atoms with Gasteiger partial charge in [0.1, 0.15) is 11.2 Å². The maximum Gasteiger partial charge on any atom is 0.143 e. The molecule has 52 heavy (non-hydrogen) atoms. The van der Waals surface area contributed by atoms with Crippen LogP contribution in [0.15, 0.2) is 205 Å². The Morgan fingerprint density at radius 2 is 0.865 bits per heavy atom. The number of furan rings is 1. The van der Waals surface area contributed by atoms with Gasteiger partial charge in [-0.25, -0.2) is 0 Å². The third-order valence-corrected chi connectivity index (χ3v) is 10.3. The summed E-state index contributed by atoms with van der Waals surface area (Å²) in [5.74, 6) is 0. The molecule has 10 rings (SSSR count). The smallest absolute Gasteiger partial charge is 0.143 e. The predicted molar refractivity (Wildman–Crippen MR) is 220 cm³/mol. The van der Waals surface area contributed by atoms with Crippen molar-refractivity contribution in [2.24, 2.45) is 0 Å². The lowest BCUT2D eigenvalue weighted by Crippen LogP contribution is -2.10. The van der Waals surface area contributed by atoms with E-state index < -0.39 is 0 Å². The zero-order chi connectivity index (χ0) is 34.4. The third-order valence-electron chi connectivity index (χ3n) is 10.3. The largest absolute Gasteiger partial charge is 0.455 e. The Kier molecular flexibility index (Phi) is 7.18. The van der Waals surface area contributed by atoms with Gasteiger partial charge in [-0.15, -0.1) is 0 Å². The molecule has 0 radical (unpaired) electrons. The normalized spacial score (nSPS) is 11.5. The van der Waals surface area contributed by atoms with Crippen LogP contribution in [0.3, 0.4) is 0 Å². The van der Waals surface area contributed by atoms with E-state index in [1.807, 2.05) is 12.1 Å².